The van der Waals surface area contributed by atoms with Gasteiger partial charge in [0, 0.05) is 0 Å². The smallest absolute Gasteiger partial charge is 0.494 e. The maximum atomic E-state index is 12.1. The van der Waals surface area contributed by atoms with Crippen molar-refractivity contribution in [2.45, 2.75) is 19.3 Å². The average Bonchev–Trinajstić information content (AvgIpc) is 2.46. The van der Waals surface area contributed by atoms with E-state index < -0.39 is 12.4 Å². The number of ether oxygens (including phenoxy) is 2. The van der Waals surface area contributed by atoms with Gasteiger partial charge in [-0.05, 0) is 42.3 Å². The van der Waals surface area contributed by atoms with Gasteiger partial charge in [0.1, 0.15) is 11.5 Å². The summed E-state index contributed by atoms with van der Waals surface area (Å²) in [6, 6.07) is 12.4. The van der Waals surface area contributed by atoms with Gasteiger partial charge in [0.05, 0.1) is 12.6 Å². The van der Waals surface area contributed by atoms with Crippen LogP contribution in [0, 0.1) is 0 Å². The predicted molar refractivity (Wildman–Crippen MR) is 84.0 cm³/mol. The van der Waals surface area contributed by atoms with Gasteiger partial charge < -0.3 is 15.2 Å². The summed E-state index contributed by atoms with van der Waals surface area (Å²) in [5.74, 6) is 0.430. The van der Waals surface area contributed by atoms with E-state index in [1.54, 1.807) is 0 Å². The second-order valence-corrected chi connectivity index (χ2v) is 4.60. The Balaban J connectivity index is 0.00000264. The van der Waals surface area contributed by atoms with Crippen molar-refractivity contribution in [3.05, 3.63) is 59.7 Å². The molecule has 1 atom stereocenters. The van der Waals surface area contributed by atoms with E-state index in [4.69, 9.17) is 10.5 Å². The van der Waals surface area contributed by atoms with Crippen molar-refractivity contribution in [2.24, 2.45) is 5.73 Å². The third-order valence-electron chi connectivity index (χ3n) is 3.00. The predicted octanol–water partition coefficient (Wildman–Crippen LogP) is 4.45. The number of halogens is 4. The molecule has 2 rings (SSSR count). The maximum absolute atomic E-state index is 12.1. The van der Waals surface area contributed by atoms with Crippen LogP contribution in [-0.4, -0.2) is 13.0 Å². The summed E-state index contributed by atoms with van der Waals surface area (Å²) < 4.78 is 45.6. The van der Waals surface area contributed by atoms with E-state index in [9.17, 15) is 13.2 Å². The molecule has 0 heterocycles. The topological polar surface area (TPSA) is 44.5 Å². The third-order valence-corrected chi connectivity index (χ3v) is 3.00. The first-order valence-corrected chi connectivity index (χ1v) is 6.73. The van der Waals surface area contributed by atoms with Gasteiger partial charge in [-0.15, -0.1) is 25.6 Å². The van der Waals surface area contributed by atoms with Crippen LogP contribution in [0.25, 0.3) is 0 Å². The van der Waals surface area contributed by atoms with Crippen LogP contribution in [0.1, 0.15) is 24.1 Å². The lowest BCUT2D eigenvalue weighted by molar-refractivity contribution is -0.274. The Morgan fingerprint density at radius 3 is 2.22 bits per heavy atom. The highest BCUT2D eigenvalue weighted by molar-refractivity contribution is 5.85. The average molecular weight is 348 g/mol. The van der Waals surface area contributed by atoms with Crippen LogP contribution in [0.4, 0.5) is 13.2 Å². The summed E-state index contributed by atoms with van der Waals surface area (Å²) in [5, 5.41) is 0. The highest BCUT2D eigenvalue weighted by Gasteiger charge is 2.31. The largest absolute Gasteiger partial charge is 0.573 e. The first-order valence-electron chi connectivity index (χ1n) is 6.73. The summed E-state index contributed by atoms with van der Waals surface area (Å²) in [6.45, 7) is 2.42. The fourth-order valence-electron chi connectivity index (χ4n) is 2.03. The van der Waals surface area contributed by atoms with Crippen LogP contribution in [0.5, 0.6) is 11.5 Å². The number of rotatable bonds is 5. The Kier molecular flexibility index (Phi) is 6.72. The zero-order valence-corrected chi connectivity index (χ0v) is 13.2. The summed E-state index contributed by atoms with van der Waals surface area (Å²) in [4.78, 5) is 0. The third kappa shape index (κ3) is 5.65. The lowest BCUT2D eigenvalue weighted by Crippen LogP contribution is -2.17. The molecule has 0 bridgehead atoms. The second kappa shape index (κ2) is 8.08. The standard InChI is InChI=1S/C16H16F3NO2.ClH/c1-2-21-14-5-3-4-12(10-14)15(20)11-6-8-13(9-7-11)22-16(17,18)19;/h3-10,15H,2,20H2,1H3;1H/t15-;/m0./s1. The Hall–Kier alpha value is -1.92. The highest BCUT2D eigenvalue weighted by atomic mass is 35.5. The summed E-state index contributed by atoms with van der Waals surface area (Å²) in [6.07, 6.45) is -4.70. The van der Waals surface area contributed by atoms with Crippen molar-refractivity contribution in [3.63, 3.8) is 0 Å². The summed E-state index contributed by atoms with van der Waals surface area (Å²) in [7, 11) is 0. The minimum atomic E-state index is -4.70. The number of hydrogen-bond acceptors (Lipinski definition) is 3. The molecule has 3 nitrogen and oxygen atoms in total. The van der Waals surface area contributed by atoms with Crippen molar-refractivity contribution >= 4 is 12.4 Å². The molecule has 0 aromatic heterocycles. The molecule has 0 aliphatic heterocycles. The SMILES string of the molecule is CCOc1cccc([C@@H](N)c2ccc(OC(F)(F)F)cc2)c1.Cl. The van der Waals surface area contributed by atoms with Gasteiger partial charge in [-0.3, -0.25) is 0 Å². The lowest BCUT2D eigenvalue weighted by atomic mass is 9.99. The van der Waals surface area contributed by atoms with E-state index in [0.717, 1.165) is 5.56 Å². The zero-order valence-electron chi connectivity index (χ0n) is 12.3. The molecule has 0 amide bonds. The van der Waals surface area contributed by atoms with Gasteiger partial charge >= 0.3 is 6.36 Å². The highest BCUT2D eigenvalue weighted by Crippen LogP contribution is 2.27. The summed E-state index contributed by atoms with van der Waals surface area (Å²) in [5.41, 5.74) is 7.64. The van der Waals surface area contributed by atoms with Gasteiger partial charge in [-0.1, -0.05) is 24.3 Å². The van der Waals surface area contributed by atoms with E-state index >= 15 is 0 Å². The van der Waals surface area contributed by atoms with Crippen LogP contribution in [-0.2, 0) is 0 Å². The van der Waals surface area contributed by atoms with Crippen LogP contribution in [0.3, 0.4) is 0 Å². The van der Waals surface area contributed by atoms with Crippen molar-refractivity contribution < 1.29 is 22.6 Å². The molecule has 0 spiro atoms. The molecule has 23 heavy (non-hydrogen) atoms. The Morgan fingerprint density at radius 1 is 1.00 bits per heavy atom. The molecule has 2 aromatic rings. The fraction of sp³-hybridized carbons (Fsp3) is 0.250. The Labute approximate surface area is 138 Å². The molecule has 0 radical (unpaired) electrons. The second-order valence-electron chi connectivity index (χ2n) is 4.60. The molecular weight excluding hydrogens is 331 g/mol. The quantitative estimate of drug-likeness (QED) is 0.868. The number of nitrogens with two attached hydrogens (primary N) is 1. The van der Waals surface area contributed by atoms with E-state index in [2.05, 4.69) is 4.74 Å². The van der Waals surface area contributed by atoms with Crippen LogP contribution in [0.15, 0.2) is 48.5 Å². The van der Waals surface area contributed by atoms with Crippen molar-refractivity contribution in [2.75, 3.05) is 6.61 Å². The number of alkyl halides is 3. The number of benzene rings is 2. The van der Waals surface area contributed by atoms with E-state index in [0.29, 0.717) is 17.9 Å². The van der Waals surface area contributed by atoms with Gasteiger partial charge in [0.2, 0.25) is 0 Å². The van der Waals surface area contributed by atoms with Crippen molar-refractivity contribution in [3.8, 4) is 11.5 Å². The van der Waals surface area contributed by atoms with E-state index in [1.165, 1.54) is 24.3 Å². The molecule has 7 heteroatoms. The van der Waals surface area contributed by atoms with Gasteiger partial charge in [-0.2, -0.15) is 0 Å². The minimum absolute atomic E-state index is 0. The lowest BCUT2D eigenvalue weighted by Gasteiger charge is -2.15. The van der Waals surface area contributed by atoms with Crippen LogP contribution < -0.4 is 15.2 Å². The monoisotopic (exact) mass is 347 g/mol. The summed E-state index contributed by atoms with van der Waals surface area (Å²) >= 11 is 0. The molecule has 0 unspecified atom stereocenters. The zero-order chi connectivity index (χ0) is 16.2. The molecule has 2 N–H and O–H groups in total. The Bertz CT molecular complexity index is 617. The minimum Gasteiger partial charge on any atom is -0.494 e. The van der Waals surface area contributed by atoms with Crippen molar-refractivity contribution in [1.29, 1.82) is 0 Å². The molecule has 0 aliphatic carbocycles. The van der Waals surface area contributed by atoms with Crippen LogP contribution >= 0.6 is 12.4 Å². The maximum Gasteiger partial charge on any atom is 0.573 e. The van der Waals surface area contributed by atoms with E-state index in [-0.39, 0.29) is 18.2 Å². The van der Waals surface area contributed by atoms with Gasteiger partial charge in [0.25, 0.3) is 0 Å². The van der Waals surface area contributed by atoms with Gasteiger partial charge in [0.15, 0.2) is 0 Å². The first-order chi connectivity index (χ1) is 10.4. The normalized spacial score (nSPS) is 12.2. The van der Waals surface area contributed by atoms with Crippen molar-refractivity contribution in [1.82, 2.24) is 0 Å². The number of hydrogen-bond donors (Lipinski definition) is 1. The molecule has 0 saturated carbocycles. The van der Waals surface area contributed by atoms with Gasteiger partial charge in [-0.25, -0.2) is 0 Å². The first kappa shape index (κ1) is 19.1. The molecule has 2 aromatic carbocycles. The molecule has 0 aliphatic rings. The van der Waals surface area contributed by atoms with Crippen LogP contribution in [0.2, 0.25) is 0 Å². The Morgan fingerprint density at radius 2 is 1.65 bits per heavy atom. The fourth-order valence-corrected chi connectivity index (χ4v) is 2.03. The molecule has 126 valence electrons. The molecule has 0 fully saturated rings. The molecular formula is C16H17ClF3NO2. The molecule has 0 saturated heterocycles. The van der Waals surface area contributed by atoms with E-state index in [1.807, 2.05) is 31.2 Å².